The molecule has 25 heavy (non-hydrogen) atoms. The van der Waals surface area contributed by atoms with Gasteiger partial charge in [-0.15, -0.1) is 11.3 Å². The molecule has 1 aliphatic heterocycles. The average Bonchev–Trinajstić information content (AvgIpc) is 3.26. The van der Waals surface area contributed by atoms with Crippen molar-refractivity contribution in [2.75, 3.05) is 5.32 Å². The van der Waals surface area contributed by atoms with Crippen LogP contribution in [-0.2, 0) is 0 Å². The maximum absolute atomic E-state index is 6.01. The molecule has 0 fully saturated rings. The fourth-order valence-corrected chi connectivity index (χ4v) is 4.12. The number of hydrogen-bond donors (Lipinski definition) is 2. The number of benzene rings is 2. The first-order valence-electron chi connectivity index (χ1n) is 8.01. The number of nitrogens with two attached hydrogens (primary N) is 1. The number of anilines is 1. The van der Waals surface area contributed by atoms with Crippen molar-refractivity contribution >= 4 is 34.3 Å². The Balaban J connectivity index is 1.65. The predicted molar refractivity (Wildman–Crippen MR) is 103 cm³/mol. The lowest BCUT2D eigenvalue weighted by Crippen LogP contribution is -2.31. The monoisotopic (exact) mass is 345 g/mol. The molecule has 2 aromatic carbocycles. The molecule has 2 aromatic heterocycles. The highest BCUT2D eigenvalue weighted by Gasteiger charge is 2.26. The SMILES string of the molecule is NC1=N[C@H](c2cc(-c3ccccc3)cs2)n2c(nc3ccccc32)N1. The summed E-state index contributed by atoms with van der Waals surface area (Å²) in [6.45, 7) is 0. The van der Waals surface area contributed by atoms with Crippen LogP contribution in [-0.4, -0.2) is 15.5 Å². The molecule has 1 aliphatic rings. The van der Waals surface area contributed by atoms with Crippen LogP contribution in [0.5, 0.6) is 0 Å². The summed E-state index contributed by atoms with van der Waals surface area (Å²) in [7, 11) is 0. The van der Waals surface area contributed by atoms with Crippen LogP contribution in [0.25, 0.3) is 22.2 Å². The van der Waals surface area contributed by atoms with Crippen molar-refractivity contribution in [3.8, 4) is 11.1 Å². The second kappa shape index (κ2) is 5.46. The van der Waals surface area contributed by atoms with E-state index < -0.39 is 0 Å². The molecular formula is C19H15N5S. The molecular weight excluding hydrogens is 330 g/mol. The van der Waals surface area contributed by atoms with E-state index in [0.717, 1.165) is 21.9 Å². The van der Waals surface area contributed by atoms with Gasteiger partial charge in [0, 0.05) is 0 Å². The Hall–Kier alpha value is -3.12. The van der Waals surface area contributed by atoms with Gasteiger partial charge in [-0.05, 0) is 34.7 Å². The fraction of sp³-hybridized carbons (Fsp3) is 0.0526. The van der Waals surface area contributed by atoms with Crippen molar-refractivity contribution in [3.63, 3.8) is 0 Å². The second-order valence-corrected chi connectivity index (χ2v) is 6.85. The zero-order valence-electron chi connectivity index (χ0n) is 13.3. The third-order valence-corrected chi connectivity index (χ3v) is 5.30. The number of nitrogens with one attached hydrogen (secondary N) is 1. The van der Waals surface area contributed by atoms with Gasteiger partial charge in [-0.25, -0.2) is 9.98 Å². The van der Waals surface area contributed by atoms with Crippen molar-refractivity contribution in [2.24, 2.45) is 10.7 Å². The molecule has 0 unspecified atom stereocenters. The van der Waals surface area contributed by atoms with Gasteiger partial charge < -0.3 is 5.73 Å². The number of imidazole rings is 1. The van der Waals surface area contributed by atoms with Crippen molar-refractivity contribution in [1.82, 2.24) is 9.55 Å². The van der Waals surface area contributed by atoms with E-state index in [2.05, 4.69) is 61.6 Å². The number of rotatable bonds is 2. The minimum absolute atomic E-state index is 0.203. The standard InChI is InChI=1S/C19H15N5S/c20-18-22-17(16-10-13(11-25-16)12-6-2-1-3-7-12)24-15-9-5-4-8-14(15)21-19(24)23-18/h1-11,17H,(H3,20,21,22,23)/t17-/m0/s1. The summed E-state index contributed by atoms with van der Waals surface area (Å²) >= 11 is 1.69. The lowest BCUT2D eigenvalue weighted by molar-refractivity contribution is 0.637. The molecule has 3 heterocycles. The predicted octanol–water partition coefficient (Wildman–Crippen LogP) is 4.05. The molecule has 122 valence electrons. The summed E-state index contributed by atoms with van der Waals surface area (Å²) in [5.41, 5.74) is 10.4. The molecule has 5 rings (SSSR count). The van der Waals surface area contributed by atoms with Crippen LogP contribution in [0.15, 0.2) is 71.0 Å². The molecule has 1 atom stereocenters. The first kappa shape index (κ1) is 14.2. The van der Waals surface area contributed by atoms with Gasteiger partial charge in [-0.2, -0.15) is 0 Å². The van der Waals surface area contributed by atoms with Crippen molar-refractivity contribution < 1.29 is 0 Å². The highest BCUT2D eigenvalue weighted by Crippen LogP contribution is 2.37. The Morgan fingerprint density at radius 3 is 2.68 bits per heavy atom. The van der Waals surface area contributed by atoms with E-state index in [1.165, 1.54) is 11.1 Å². The molecule has 0 aliphatic carbocycles. The fourth-order valence-electron chi connectivity index (χ4n) is 3.18. The Labute approximate surface area is 148 Å². The summed E-state index contributed by atoms with van der Waals surface area (Å²) in [5.74, 6) is 1.12. The number of aliphatic imine (C=N–C) groups is 1. The van der Waals surface area contributed by atoms with E-state index in [1.807, 2.05) is 24.3 Å². The quantitative estimate of drug-likeness (QED) is 0.576. The van der Waals surface area contributed by atoms with Gasteiger partial charge in [0.05, 0.1) is 15.9 Å². The molecule has 0 radical (unpaired) electrons. The Bertz CT molecular complexity index is 1090. The normalized spacial score (nSPS) is 16.3. The van der Waals surface area contributed by atoms with Gasteiger partial charge in [0.1, 0.15) is 0 Å². The summed E-state index contributed by atoms with van der Waals surface area (Å²) in [6, 6.07) is 20.6. The van der Waals surface area contributed by atoms with E-state index in [0.29, 0.717) is 5.96 Å². The number of aromatic nitrogens is 2. The number of guanidine groups is 1. The number of nitrogens with zero attached hydrogens (tertiary/aromatic N) is 3. The van der Waals surface area contributed by atoms with E-state index in [9.17, 15) is 0 Å². The molecule has 0 saturated carbocycles. The summed E-state index contributed by atoms with van der Waals surface area (Å²) in [5, 5.41) is 5.24. The molecule has 3 N–H and O–H groups in total. The Morgan fingerprint density at radius 1 is 1.00 bits per heavy atom. The summed E-state index contributed by atoms with van der Waals surface area (Å²) in [6.07, 6.45) is -0.203. The van der Waals surface area contributed by atoms with Crippen LogP contribution in [0, 0.1) is 0 Å². The minimum atomic E-state index is -0.203. The number of hydrogen-bond acceptors (Lipinski definition) is 5. The largest absolute Gasteiger partial charge is 0.370 e. The maximum atomic E-state index is 6.01. The van der Waals surface area contributed by atoms with Gasteiger partial charge in [-0.1, -0.05) is 42.5 Å². The molecule has 4 aromatic rings. The topological polar surface area (TPSA) is 68.2 Å². The average molecular weight is 345 g/mol. The molecule has 6 heteroatoms. The molecule has 0 bridgehead atoms. The lowest BCUT2D eigenvalue weighted by Gasteiger charge is -2.22. The Kier molecular flexibility index (Phi) is 3.11. The third-order valence-electron chi connectivity index (χ3n) is 4.32. The zero-order valence-corrected chi connectivity index (χ0v) is 14.1. The lowest BCUT2D eigenvalue weighted by atomic mass is 10.1. The molecule has 5 nitrogen and oxygen atoms in total. The van der Waals surface area contributed by atoms with Crippen LogP contribution in [0.4, 0.5) is 5.95 Å². The van der Waals surface area contributed by atoms with Crippen LogP contribution >= 0.6 is 11.3 Å². The van der Waals surface area contributed by atoms with Crippen LogP contribution in [0.3, 0.4) is 0 Å². The van der Waals surface area contributed by atoms with E-state index in [1.54, 1.807) is 11.3 Å². The van der Waals surface area contributed by atoms with Crippen molar-refractivity contribution in [3.05, 3.63) is 70.9 Å². The molecule has 0 saturated heterocycles. The van der Waals surface area contributed by atoms with Crippen molar-refractivity contribution in [1.29, 1.82) is 0 Å². The molecule has 0 amide bonds. The number of thiophene rings is 1. The van der Waals surface area contributed by atoms with E-state index in [-0.39, 0.29) is 6.17 Å². The van der Waals surface area contributed by atoms with Gasteiger partial charge in [0.2, 0.25) is 5.95 Å². The van der Waals surface area contributed by atoms with Crippen LogP contribution in [0.2, 0.25) is 0 Å². The van der Waals surface area contributed by atoms with Gasteiger partial charge >= 0.3 is 0 Å². The van der Waals surface area contributed by atoms with Gasteiger partial charge in [-0.3, -0.25) is 9.88 Å². The maximum Gasteiger partial charge on any atom is 0.212 e. The second-order valence-electron chi connectivity index (χ2n) is 5.91. The highest BCUT2D eigenvalue weighted by atomic mass is 32.1. The minimum Gasteiger partial charge on any atom is -0.370 e. The summed E-state index contributed by atoms with van der Waals surface area (Å²) < 4.78 is 2.10. The van der Waals surface area contributed by atoms with Crippen LogP contribution in [0.1, 0.15) is 11.0 Å². The van der Waals surface area contributed by atoms with E-state index >= 15 is 0 Å². The van der Waals surface area contributed by atoms with E-state index in [4.69, 9.17) is 5.73 Å². The van der Waals surface area contributed by atoms with Gasteiger partial charge in [0.15, 0.2) is 12.1 Å². The Morgan fingerprint density at radius 2 is 1.80 bits per heavy atom. The third kappa shape index (κ3) is 2.30. The molecule has 0 spiro atoms. The van der Waals surface area contributed by atoms with Gasteiger partial charge in [0.25, 0.3) is 0 Å². The smallest absolute Gasteiger partial charge is 0.212 e. The highest BCUT2D eigenvalue weighted by molar-refractivity contribution is 7.10. The zero-order chi connectivity index (χ0) is 16.8. The summed E-state index contributed by atoms with van der Waals surface area (Å²) in [4.78, 5) is 10.4. The number of fused-ring (bicyclic) bond motifs is 3. The first-order chi connectivity index (χ1) is 12.3. The van der Waals surface area contributed by atoms with Crippen molar-refractivity contribution in [2.45, 2.75) is 6.17 Å². The number of para-hydroxylation sites is 2. The first-order valence-corrected chi connectivity index (χ1v) is 8.89. The van der Waals surface area contributed by atoms with Crippen LogP contribution < -0.4 is 11.1 Å².